The molecular formula is C12H7Cl3FNO. The van der Waals surface area contributed by atoms with E-state index in [0.717, 1.165) is 6.07 Å². The third kappa shape index (κ3) is 2.75. The predicted molar refractivity (Wildman–Crippen MR) is 70.6 cm³/mol. The largest absolute Gasteiger partial charge is 0.392 e. The van der Waals surface area contributed by atoms with Gasteiger partial charge in [0, 0.05) is 10.6 Å². The lowest BCUT2D eigenvalue weighted by molar-refractivity contribution is 0.281. The molecule has 1 N–H and O–H groups in total. The molecule has 1 aromatic carbocycles. The van der Waals surface area contributed by atoms with E-state index in [4.69, 9.17) is 39.9 Å². The van der Waals surface area contributed by atoms with Crippen LogP contribution in [-0.2, 0) is 6.61 Å². The number of rotatable bonds is 2. The highest BCUT2D eigenvalue weighted by molar-refractivity contribution is 6.45. The molecule has 1 heterocycles. The first-order valence-corrected chi connectivity index (χ1v) is 6.07. The minimum absolute atomic E-state index is 0.239. The fourth-order valence-electron chi connectivity index (χ4n) is 1.52. The Morgan fingerprint density at radius 2 is 1.83 bits per heavy atom. The second-order valence-electron chi connectivity index (χ2n) is 3.59. The third-order valence-electron chi connectivity index (χ3n) is 2.31. The zero-order chi connectivity index (χ0) is 13.3. The summed E-state index contributed by atoms with van der Waals surface area (Å²) in [6.07, 6.45) is 0. The number of aliphatic hydroxyl groups excluding tert-OH is 1. The van der Waals surface area contributed by atoms with Crippen LogP contribution in [-0.4, -0.2) is 10.1 Å². The van der Waals surface area contributed by atoms with Gasteiger partial charge in [-0.05, 0) is 29.8 Å². The Morgan fingerprint density at radius 3 is 2.50 bits per heavy atom. The second kappa shape index (κ2) is 5.41. The van der Waals surface area contributed by atoms with Crippen LogP contribution in [0.25, 0.3) is 11.3 Å². The minimum atomic E-state index is -0.705. The molecule has 2 aromatic rings. The van der Waals surface area contributed by atoms with E-state index in [1.54, 1.807) is 6.07 Å². The quantitative estimate of drug-likeness (QED) is 0.661. The van der Waals surface area contributed by atoms with Crippen molar-refractivity contribution in [3.05, 3.63) is 50.8 Å². The molecule has 18 heavy (non-hydrogen) atoms. The van der Waals surface area contributed by atoms with Gasteiger partial charge in [-0.3, -0.25) is 0 Å². The lowest BCUT2D eigenvalue weighted by Crippen LogP contribution is -1.94. The lowest BCUT2D eigenvalue weighted by atomic mass is 10.1. The molecule has 6 heteroatoms. The van der Waals surface area contributed by atoms with E-state index >= 15 is 0 Å². The molecule has 2 rings (SSSR count). The lowest BCUT2D eigenvalue weighted by Gasteiger charge is -2.08. The molecule has 0 bridgehead atoms. The van der Waals surface area contributed by atoms with Gasteiger partial charge in [0.2, 0.25) is 5.95 Å². The standard InChI is InChI=1S/C12H7Cl3FNO/c13-7-3-8(12(15)9(14)4-7)10-1-6(5-18)2-11(16)17-10/h1-4,18H,5H2. The summed E-state index contributed by atoms with van der Waals surface area (Å²) < 4.78 is 13.3. The second-order valence-corrected chi connectivity index (χ2v) is 4.81. The molecule has 0 fully saturated rings. The topological polar surface area (TPSA) is 33.1 Å². The van der Waals surface area contributed by atoms with Crippen molar-refractivity contribution in [1.29, 1.82) is 0 Å². The van der Waals surface area contributed by atoms with Crippen LogP contribution in [0.15, 0.2) is 24.3 Å². The SMILES string of the molecule is OCc1cc(F)nc(-c2cc(Cl)cc(Cl)c2Cl)c1. The van der Waals surface area contributed by atoms with Crippen molar-refractivity contribution in [2.45, 2.75) is 6.61 Å². The van der Waals surface area contributed by atoms with Crippen LogP contribution in [0, 0.1) is 5.95 Å². The predicted octanol–water partition coefficient (Wildman–Crippen LogP) is 4.34. The van der Waals surface area contributed by atoms with Crippen molar-refractivity contribution in [2.24, 2.45) is 0 Å². The molecule has 0 amide bonds. The molecular weight excluding hydrogens is 299 g/mol. The number of hydrogen-bond acceptors (Lipinski definition) is 2. The highest BCUT2D eigenvalue weighted by Crippen LogP contribution is 2.35. The summed E-state index contributed by atoms with van der Waals surface area (Å²) in [5, 5.41) is 9.90. The summed E-state index contributed by atoms with van der Waals surface area (Å²) in [6, 6.07) is 5.69. The summed E-state index contributed by atoms with van der Waals surface area (Å²) >= 11 is 17.8. The fraction of sp³-hybridized carbons (Fsp3) is 0.0833. The zero-order valence-electron chi connectivity index (χ0n) is 8.92. The van der Waals surface area contributed by atoms with Crippen molar-refractivity contribution in [1.82, 2.24) is 4.98 Å². The normalized spacial score (nSPS) is 10.7. The highest BCUT2D eigenvalue weighted by atomic mass is 35.5. The maximum absolute atomic E-state index is 13.3. The molecule has 0 unspecified atom stereocenters. The first kappa shape index (κ1) is 13.6. The van der Waals surface area contributed by atoms with Crippen LogP contribution in [0.2, 0.25) is 15.1 Å². The van der Waals surface area contributed by atoms with E-state index in [-0.39, 0.29) is 22.3 Å². The van der Waals surface area contributed by atoms with Crippen LogP contribution < -0.4 is 0 Å². The zero-order valence-corrected chi connectivity index (χ0v) is 11.2. The maximum Gasteiger partial charge on any atom is 0.213 e. The Kier molecular flexibility index (Phi) is 4.07. The molecule has 0 aliphatic carbocycles. The Balaban J connectivity index is 2.65. The van der Waals surface area contributed by atoms with E-state index in [0.29, 0.717) is 16.1 Å². The van der Waals surface area contributed by atoms with Crippen LogP contribution in [0.4, 0.5) is 4.39 Å². The molecule has 0 radical (unpaired) electrons. The molecule has 0 aliphatic heterocycles. The average molecular weight is 307 g/mol. The van der Waals surface area contributed by atoms with Gasteiger partial charge >= 0.3 is 0 Å². The number of hydrogen-bond donors (Lipinski definition) is 1. The van der Waals surface area contributed by atoms with E-state index in [1.807, 2.05) is 0 Å². The molecule has 0 atom stereocenters. The Hall–Kier alpha value is -0.870. The molecule has 94 valence electrons. The van der Waals surface area contributed by atoms with Crippen molar-refractivity contribution in [2.75, 3.05) is 0 Å². The number of aromatic nitrogens is 1. The van der Waals surface area contributed by atoms with Crippen molar-refractivity contribution >= 4 is 34.8 Å². The number of pyridine rings is 1. The van der Waals surface area contributed by atoms with Gasteiger partial charge in [-0.1, -0.05) is 34.8 Å². The van der Waals surface area contributed by atoms with E-state index in [2.05, 4.69) is 4.98 Å². The van der Waals surface area contributed by atoms with Crippen LogP contribution >= 0.6 is 34.8 Å². The van der Waals surface area contributed by atoms with Gasteiger partial charge in [0.25, 0.3) is 0 Å². The van der Waals surface area contributed by atoms with Crippen molar-refractivity contribution in [3.8, 4) is 11.3 Å². The van der Waals surface area contributed by atoms with Gasteiger partial charge in [0.1, 0.15) is 0 Å². The van der Waals surface area contributed by atoms with Gasteiger partial charge in [-0.25, -0.2) is 4.98 Å². The first-order chi connectivity index (χ1) is 8.51. The summed E-state index contributed by atoms with van der Waals surface area (Å²) in [4.78, 5) is 3.72. The smallest absolute Gasteiger partial charge is 0.213 e. The van der Waals surface area contributed by atoms with Gasteiger partial charge in [-0.2, -0.15) is 4.39 Å². The van der Waals surface area contributed by atoms with Gasteiger partial charge < -0.3 is 5.11 Å². The fourth-order valence-corrected chi connectivity index (χ4v) is 2.22. The molecule has 0 spiro atoms. The van der Waals surface area contributed by atoms with Crippen LogP contribution in [0.3, 0.4) is 0 Å². The molecule has 0 saturated carbocycles. The summed E-state index contributed by atoms with van der Waals surface area (Å²) in [5.41, 5.74) is 1.08. The van der Waals surface area contributed by atoms with Gasteiger partial charge in [0.15, 0.2) is 0 Å². The third-order valence-corrected chi connectivity index (χ3v) is 3.33. The average Bonchev–Trinajstić information content (AvgIpc) is 2.32. The number of nitrogens with zero attached hydrogens (tertiary/aromatic N) is 1. The summed E-state index contributed by atoms with van der Waals surface area (Å²) in [5.74, 6) is -0.705. The number of aliphatic hydroxyl groups is 1. The summed E-state index contributed by atoms with van der Waals surface area (Å²) in [7, 11) is 0. The van der Waals surface area contributed by atoms with E-state index < -0.39 is 5.95 Å². The van der Waals surface area contributed by atoms with Gasteiger partial charge in [-0.15, -0.1) is 0 Å². The first-order valence-electron chi connectivity index (χ1n) is 4.93. The van der Waals surface area contributed by atoms with E-state index in [1.165, 1.54) is 12.1 Å². The van der Waals surface area contributed by atoms with E-state index in [9.17, 15) is 4.39 Å². The molecule has 0 saturated heterocycles. The Labute approximate surface area is 118 Å². The molecule has 2 nitrogen and oxygen atoms in total. The highest BCUT2D eigenvalue weighted by Gasteiger charge is 2.12. The monoisotopic (exact) mass is 305 g/mol. The van der Waals surface area contributed by atoms with Gasteiger partial charge in [0.05, 0.1) is 22.3 Å². The Bertz CT molecular complexity index is 604. The maximum atomic E-state index is 13.3. The molecule has 1 aromatic heterocycles. The number of benzene rings is 1. The van der Waals surface area contributed by atoms with Crippen molar-refractivity contribution < 1.29 is 9.50 Å². The number of halogens is 4. The van der Waals surface area contributed by atoms with Crippen LogP contribution in [0.5, 0.6) is 0 Å². The summed E-state index contributed by atoms with van der Waals surface area (Å²) in [6.45, 7) is -0.293. The molecule has 0 aliphatic rings. The van der Waals surface area contributed by atoms with Crippen molar-refractivity contribution in [3.63, 3.8) is 0 Å². The van der Waals surface area contributed by atoms with Crippen LogP contribution in [0.1, 0.15) is 5.56 Å². The minimum Gasteiger partial charge on any atom is -0.392 e. The Morgan fingerprint density at radius 1 is 1.11 bits per heavy atom.